The maximum Gasteiger partial charge on any atom is 0.160 e. The average molecular weight is 434 g/mol. The van der Waals surface area contributed by atoms with Gasteiger partial charge in [-0.15, -0.1) is 12.4 Å². The van der Waals surface area contributed by atoms with E-state index in [9.17, 15) is 4.39 Å². The van der Waals surface area contributed by atoms with Crippen molar-refractivity contribution in [3.63, 3.8) is 0 Å². The summed E-state index contributed by atoms with van der Waals surface area (Å²) in [6.45, 7) is 1.73. The largest absolute Gasteiger partial charge is 0.356 e. The number of nitrogens with one attached hydrogen (secondary N) is 2. The Hall–Kier alpha value is -2.71. The molecule has 5 rings (SSSR count). The summed E-state index contributed by atoms with van der Waals surface area (Å²) < 4.78 is 13.6. The zero-order valence-corrected chi connectivity index (χ0v) is 16.8. The van der Waals surface area contributed by atoms with E-state index in [2.05, 4.69) is 35.0 Å². The summed E-state index contributed by atoms with van der Waals surface area (Å²) in [5.41, 5.74) is 2.12. The van der Waals surface area contributed by atoms with Crippen molar-refractivity contribution in [3.8, 4) is 11.3 Å². The number of hydrogen-bond acceptors (Lipinski definition) is 5. The fourth-order valence-electron chi connectivity index (χ4n) is 3.76. The van der Waals surface area contributed by atoms with Gasteiger partial charge in [0.1, 0.15) is 23.8 Å². The highest BCUT2D eigenvalue weighted by molar-refractivity contribution is 6.30. The number of aromatic amines is 2. The molecule has 1 aliphatic heterocycles. The number of halogens is 3. The summed E-state index contributed by atoms with van der Waals surface area (Å²) in [4.78, 5) is 18.8. The first-order chi connectivity index (χ1) is 13.7. The van der Waals surface area contributed by atoms with Gasteiger partial charge in [-0.25, -0.2) is 19.3 Å². The lowest BCUT2D eigenvalue weighted by Crippen LogP contribution is -2.33. The molecule has 0 saturated carbocycles. The predicted octanol–water partition coefficient (Wildman–Crippen LogP) is 4.34. The van der Waals surface area contributed by atoms with Crippen LogP contribution in [0.2, 0.25) is 5.02 Å². The molecule has 0 amide bonds. The zero-order valence-electron chi connectivity index (χ0n) is 15.3. The number of nitrogens with zero attached hydrogens (tertiary/aromatic N) is 5. The predicted molar refractivity (Wildman–Crippen MR) is 112 cm³/mol. The highest BCUT2D eigenvalue weighted by Gasteiger charge is 2.25. The second kappa shape index (κ2) is 7.96. The second-order valence-corrected chi connectivity index (χ2v) is 7.36. The lowest BCUT2D eigenvalue weighted by atomic mass is 9.96. The SMILES string of the molecule is Cl.Fc1cc(Cl)cc(-c2c[nH]c(C3CCN(c4ncnc5[nH]ncc45)CC3)n2)c1. The Morgan fingerprint density at radius 3 is 2.76 bits per heavy atom. The van der Waals surface area contributed by atoms with Gasteiger partial charge >= 0.3 is 0 Å². The normalized spacial score (nSPS) is 14.9. The van der Waals surface area contributed by atoms with E-state index >= 15 is 0 Å². The van der Waals surface area contributed by atoms with Gasteiger partial charge in [0.2, 0.25) is 0 Å². The Kier molecular flexibility index (Phi) is 5.38. The summed E-state index contributed by atoms with van der Waals surface area (Å²) in [5.74, 6) is 1.78. The maximum atomic E-state index is 13.6. The molecule has 0 unspecified atom stereocenters. The van der Waals surface area contributed by atoms with E-state index in [1.807, 2.05) is 6.20 Å². The van der Waals surface area contributed by atoms with Crippen LogP contribution in [0.1, 0.15) is 24.6 Å². The van der Waals surface area contributed by atoms with Crippen molar-refractivity contribution in [2.75, 3.05) is 18.0 Å². The van der Waals surface area contributed by atoms with Crippen LogP contribution >= 0.6 is 24.0 Å². The van der Waals surface area contributed by atoms with Crippen molar-refractivity contribution in [3.05, 3.63) is 53.6 Å². The number of aromatic nitrogens is 6. The minimum Gasteiger partial charge on any atom is -0.356 e. The van der Waals surface area contributed by atoms with Crippen LogP contribution in [0.25, 0.3) is 22.3 Å². The third kappa shape index (κ3) is 3.77. The Morgan fingerprint density at radius 2 is 1.97 bits per heavy atom. The Morgan fingerprint density at radius 1 is 1.14 bits per heavy atom. The first-order valence-electron chi connectivity index (χ1n) is 9.08. The van der Waals surface area contributed by atoms with Crippen molar-refractivity contribution >= 4 is 40.9 Å². The van der Waals surface area contributed by atoms with Crippen LogP contribution in [0.15, 0.2) is 36.9 Å². The molecule has 7 nitrogen and oxygen atoms in total. The van der Waals surface area contributed by atoms with E-state index in [-0.39, 0.29) is 18.2 Å². The molecule has 0 atom stereocenters. The first-order valence-corrected chi connectivity index (χ1v) is 9.46. The smallest absolute Gasteiger partial charge is 0.160 e. The standard InChI is InChI=1S/C19H17ClFN7.ClH/c20-13-5-12(6-14(21)7-13)16-9-22-17(26-16)11-1-3-28(4-2-11)19-15-8-25-27-18(15)23-10-24-19;/h5-11H,1-4H2,(H,22,26)(H,23,24,25,27);1H. The molecule has 1 aromatic carbocycles. The number of hydrogen-bond donors (Lipinski definition) is 2. The van der Waals surface area contributed by atoms with Crippen LogP contribution in [0.5, 0.6) is 0 Å². The van der Waals surface area contributed by atoms with Crippen LogP contribution in [0.3, 0.4) is 0 Å². The van der Waals surface area contributed by atoms with Gasteiger partial charge in [-0.1, -0.05) is 11.6 Å². The first kappa shape index (κ1) is 19.6. The van der Waals surface area contributed by atoms with Gasteiger partial charge in [0, 0.05) is 35.8 Å². The molecule has 150 valence electrons. The molecular weight excluding hydrogens is 416 g/mol. The van der Waals surface area contributed by atoms with Crippen LogP contribution in [0, 0.1) is 5.82 Å². The number of fused-ring (bicyclic) bond motifs is 1. The monoisotopic (exact) mass is 433 g/mol. The van der Waals surface area contributed by atoms with Gasteiger partial charge in [-0.2, -0.15) is 5.10 Å². The Labute approximate surface area is 177 Å². The molecule has 4 heterocycles. The van der Waals surface area contributed by atoms with Crippen molar-refractivity contribution in [1.82, 2.24) is 30.1 Å². The maximum absolute atomic E-state index is 13.6. The molecular formula is C19H18Cl2FN7. The van der Waals surface area contributed by atoms with Gasteiger partial charge in [0.25, 0.3) is 0 Å². The number of anilines is 1. The third-order valence-electron chi connectivity index (χ3n) is 5.16. The minimum absolute atomic E-state index is 0. The highest BCUT2D eigenvalue weighted by Crippen LogP contribution is 2.32. The summed E-state index contributed by atoms with van der Waals surface area (Å²) in [6, 6.07) is 4.45. The van der Waals surface area contributed by atoms with Crippen molar-refractivity contribution < 1.29 is 4.39 Å². The third-order valence-corrected chi connectivity index (χ3v) is 5.38. The fraction of sp³-hybridized carbons (Fsp3) is 0.263. The van der Waals surface area contributed by atoms with E-state index in [0.717, 1.165) is 48.6 Å². The molecule has 1 fully saturated rings. The lowest BCUT2D eigenvalue weighted by Gasteiger charge is -2.32. The molecule has 10 heteroatoms. The molecule has 1 aliphatic rings. The van der Waals surface area contributed by atoms with E-state index in [1.165, 1.54) is 12.1 Å². The average Bonchev–Trinajstić information content (AvgIpc) is 3.37. The van der Waals surface area contributed by atoms with Crippen molar-refractivity contribution in [1.29, 1.82) is 0 Å². The van der Waals surface area contributed by atoms with E-state index in [1.54, 1.807) is 18.6 Å². The topological polar surface area (TPSA) is 86.4 Å². The number of benzene rings is 1. The Bertz CT molecular complexity index is 1110. The molecule has 4 aromatic rings. The summed E-state index contributed by atoms with van der Waals surface area (Å²) in [6.07, 6.45) is 7.03. The number of piperidine rings is 1. The summed E-state index contributed by atoms with van der Waals surface area (Å²) in [7, 11) is 0. The van der Waals surface area contributed by atoms with Crippen LogP contribution in [0.4, 0.5) is 10.2 Å². The highest BCUT2D eigenvalue weighted by atomic mass is 35.5. The van der Waals surface area contributed by atoms with Gasteiger partial charge in [0.05, 0.1) is 17.3 Å². The van der Waals surface area contributed by atoms with Gasteiger partial charge in [-0.05, 0) is 31.0 Å². The fourth-order valence-corrected chi connectivity index (χ4v) is 3.99. The molecule has 0 bridgehead atoms. The second-order valence-electron chi connectivity index (χ2n) is 6.92. The van der Waals surface area contributed by atoms with Crippen molar-refractivity contribution in [2.24, 2.45) is 0 Å². The molecule has 29 heavy (non-hydrogen) atoms. The summed E-state index contributed by atoms with van der Waals surface area (Å²) in [5, 5.41) is 8.24. The van der Waals surface area contributed by atoms with E-state index in [0.29, 0.717) is 22.2 Å². The lowest BCUT2D eigenvalue weighted by molar-refractivity contribution is 0.487. The van der Waals surface area contributed by atoms with Crippen LogP contribution in [-0.4, -0.2) is 43.2 Å². The molecule has 2 N–H and O–H groups in total. The minimum atomic E-state index is -0.365. The molecule has 0 aliphatic carbocycles. The molecule has 3 aromatic heterocycles. The van der Waals surface area contributed by atoms with Crippen LogP contribution in [-0.2, 0) is 0 Å². The van der Waals surface area contributed by atoms with Gasteiger partial charge in [0.15, 0.2) is 5.65 Å². The zero-order chi connectivity index (χ0) is 19.1. The number of imidazole rings is 1. The van der Waals surface area contributed by atoms with Gasteiger partial charge in [-0.3, -0.25) is 5.10 Å². The summed E-state index contributed by atoms with van der Waals surface area (Å²) >= 11 is 5.96. The molecule has 1 saturated heterocycles. The van der Waals surface area contributed by atoms with E-state index < -0.39 is 0 Å². The van der Waals surface area contributed by atoms with Crippen LogP contribution < -0.4 is 4.90 Å². The quantitative estimate of drug-likeness (QED) is 0.501. The van der Waals surface area contributed by atoms with Gasteiger partial charge < -0.3 is 9.88 Å². The molecule has 0 spiro atoms. The Balaban J connectivity index is 0.00000205. The molecule has 0 radical (unpaired) electrons. The van der Waals surface area contributed by atoms with Crippen molar-refractivity contribution in [2.45, 2.75) is 18.8 Å². The van der Waals surface area contributed by atoms with E-state index in [4.69, 9.17) is 11.6 Å². The number of H-pyrrole nitrogens is 2. The number of rotatable bonds is 3.